The first kappa shape index (κ1) is 10.9. The van der Waals surface area contributed by atoms with Gasteiger partial charge < -0.3 is 14.9 Å². The van der Waals surface area contributed by atoms with Gasteiger partial charge in [-0.1, -0.05) is 0 Å². The molecule has 5 heteroatoms. The summed E-state index contributed by atoms with van der Waals surface area (Å²) in [4.78, 5) is 11.3. The van der Waals surface area contributed by atoms with Gasteiger partial charge in [-0.3, -0.25) is 0 Å². The van der Waals surface area contributed by atoms with Crippen LogP contribution in [0.3, 0.4) is 0 Å². The normalized spacial score (nSPS) is 10.8. The van der Waals surface area contributed by atoms with Crippen molar-refractivity contribution in [2.45, 2.75) is 26.4 Å². The van der Waals surface area contributed by atoms with Crippen molar-refractivity contribution in [3.63, 3.8) is 0 Å². The van der Waals surface area contributed by atoms with Crippen LogP contribution in [0.4, 0.5) is 0 Å². The van der Waals surface area contributed by atoms with Gasteiger partial charge in [0.05, 0.1) is 6.33 Å². The molecule has 2 rings (SSSR count). The number of rotatable bonds is 6. The van der Waals surface area contributed by atoms with E-state index in [1.165, 1.54) is 0 Å². The maximum atomic E-state index is 4.15. The minimum atomic E-state index is 0.852. The zero-order valence-electron chi connectivity index (χ0n) is 9.48. The Hall–Kier alpha value is -1.62. The first-order valence-electron chi connectivity index (χ1n) is 5.51. The van der Waals surface area contributed by atoms with Crippen molar-refractivity contribution in [3.8, 4) is 0 Å². The molecule has 0 unspecified atom stereocenters. The number of aromatic amines is 1. The summed E-state index contributed by atoms with van der Waals surface area (Å²) in [6.07, 6.45) is 8.61. The standard InChI is InChI=1S/C11H17N5/c1-10-14-8-11(15-10)7-12-3-2-5-16-6-4-13-9-16/h4,6,8-9,12H,2-3,5,7H2,1H3,(H,14,15). The molecule has 0 aliphatic heterocycles. The summed E-state index contributed by atoms with van der Waals surface area (Å²) < 4.78 is 2.09. The van der Waals surface area contributed by atoms with Crippen LogP contribution in [0.15, 0.2) is 24.9 Å². The fraction of sp³-hybridized carbons (Fsp3) is 0.455. The van der Waals surface area contributed by atoms with Crippen LogP contribution in [0.2, 0.25) is 0 Å². The van der Waals surface area contributed by atoms with Crippen LogP contribution in [0.25, 0.3) is 0 Å². The molecular weight excluding hydrogens is 202 g/mol. The predicted molar refractivity (Wildman–Crippen MR) is 61.9 cm³/mol. The summed E-state index contributed by atoms with van der Waals surface area (Å²) in [5.41, 5.74) is 1.14. The SMILES string of the molecule is Cc1ncc(CNCCCn2ccnc2)[nH]1. The molecular formula is C11H17N5. The van der Waals surface area contributed by atoms with Gasteiger partial charge in [0, 0.05) is 37.4 Å². The van der Waals surface area contributed by atoms with Crippen LogP contribution in [-0.2, 0) is 13.1 Å². The lowest BCUT2D eigenvalue weighted by atomic mass is 10.4. The maximum absolute atomic E-state index is 4.15. The third kappa shape index (κ3) is 3.20. The predicted octanol–water partition coefficient (Wildman–Crippen LogP) is 1.09. The van der Waals surface area contributed by atoms with Gasteiger partial charge in [0.25, 0.3) is 0 Å². The highest BCUT2D eigenvalue weighted by Gasteiger charge is 1.95. The summed E-state index contributed by atoms with van der Waals surface area (Å²) in [5, 5.41) is 3.37. The number of aromatic nitrogens is 4. The van der Waals surface area contributed by atoms with Gasteiger partial charge in [0.1, 0.15) is 5.82 Å². The third-order valence-electron chi connectivity index (χ3n) is 2.40. The molecule has 0 aliphatic carbocycles. The average Bonchev–Trinajstić information content (AvgIpc) is 2.89. The molecule has 0 atom stereocenters. The Balaban J connectivity index is 1.59. The van der Waals surface area contributed by atoms with Gasteiger partial charge in [-0.15, -0.1) is 0 Å². The Kier molecular flexibility index (Phi) is 3.71. The molecule has 2 aromatic heterocycles. The van der Waals surface area contributed by atoms with Crippen molar-refractivity contribution in [3.05, 3.63) is 36.4 Å². The Morgan fingerprint density at radius 2 is 2.44 bits per heavy atom. The van der Waals surface area contributed by atoms with E-state index in [9.17, 15) is 0 Å². The fourth-order valence-electron chi connectivity index (χ4n) is 1.59. The van der Waals surface area contributed by atoms with Gasteiger partial charge in [0.15, 0.2) is 0 Å². The Morgan fingerprint density at radius 1 is 1.50 bits per heavy atom. The molecule has 0 aliphatic rings. The largest absolute Gasteiger partial charge is 0.345 e. The van der Waals surface area contributed by atoms with E-state index < -0.39 is 0 Å². The van der Waals surface area contributed by atoms with E-state index in [-0.39, 0.29) is 0 Å². The van der Waals surface area contributed by atoms with Crippen LogP contribution in [0.5, 0.6) is 0 Å². The van der Waals surface area contributed by atoms with E-state index in [4.69, 9.17) is 0 Å². The number of nitrogens with one attached hydrogen (secondary N) is 2. The summed E-state index contributed by atoms with van der Waals surface area (Å²) in [7, 11) is 0. The lowest BCUT2D eigenvalue weighted by Gasteiger charge is -2.03. The van der Waals surface area contributed by atoms with Crippen LogP contribution in [-0.4, -0.2) is 26.1 Å². The van der Waals surface area contributed by atoms with Gasteiger partial charge in [-0.05, 0) is 19.9 Å². The molecule has 0 radical (unpaired) electrons. The second-order valence-corrected chi connectivity index (χ2v) is 3.82. The van der Waals surface area contributed by atoms with Gasteiger partial charge >= 0.3 is 0 Å². The number of imidazole rings is 2. The monoisotopic (exact) mass is 219 g/mol. The first-order chi connectivity index (χ1) is 7.84. The Morgan fingerprint density at radius 3 is 3.12 bits per heavy atom. The van der Waals surface area contributed by atoms with E-state index in [2.05, 4.69) is 24.8 Å². The van der Waals surface area contributed by atoms with Crippen molar-refractivity contribution < 1.29 is 0 Å². The molecule has 0 aromatic carbocycles. The number of hydrogen-bond donors (Lipinski definition) is 2. The van der Waals surface area contributed by atoms with E-state index in [1.54, 1.807) is 6.20 Å². The summed E-state index contributed by atoms with van der Waals surface area (Å²) >= 11 is 0. The second-order valence-electron chi connectivity index (χ2n) is 3.82. The molecule has 2 N–H and O–H groups in total. The maximum Gasteiger partial charge on any atom is 0.103 e. The molecule has 0 bridgehead atoms. The lowest BCUT2D eigenvalue weighted by Crippen LogP contribution is -2.16. The zero-order valence-corrected chi connectivity index (χ0v) is 9.48. The van der Waals surface area contributed by atoms with Crippen LogP contribution in [0.1, 0.15) is 17.9 Å². The molecule has 0 fully saturated rings. The summed E-state index contributed by atoms with van der Waals surface area (Å²) in [5.74, 6) is 0.968. The van der Waals surface area contributed by atoms with Gasteiger partial charge in [-0.2, -0.15) is 0 Å². The van der Waals surface area contributed by atoms with E-state index >= 15 is 0 Å². The first-order valence-corrected chi connectivity index (χ1v) is 5.51. The van der Waals surface area contributed by atoms with Crippen molar-refractivity contribution in [2.75, 3.05) is 6.54 Å². The highest BCUT2D eigenvalue weighted by molar-refractivity contribution is 4.99. The summed E-state index contributed by atoms with van der Waals surface area (Å²) in [6, 6.07) is 0. The van der Waals surface area contributed by atoms with E-state index in [0.717, 1.165) is 37.6 Å². The minimum absolute atomic E-state index is 0.852. The summed E-state index contributed by atoms with van der Waals surface area (Å²) in [6.45, 7) is 4.82. The van der Waals surface area contributed by atoms with Crippen molar-refractivity contribution in [2.24, 2.45) is 0 Å². The van der Waals surface area contributed by atoms with Crippen molar-refractivity contribution >= 4 is 0 Å². The van der Waals surface area contributed by atoms with Gasteiger partial charge in [0.2, 0.25) is 0 Å². The quantitative estimate of drug-likeness (QED) is 0.715. The van der Waals surface area contributed by atoms with Crippen LogP contribution >= 0.6 is 0 Å². The number of hydrogen-bond acceptors (Lipinski definition) is 3. The number of nitrogens with zero attached hydrogens (tertiary/aromatic N) is 3. The van der Waals surface area contributed by atoms with Crippen molar-refractivity contribution in [1.29, 1.82) is 0 Å². The average molecular weight is 219 g/mol. The Bertz CT molecular complexity index is 404. The molecule has 2 aromatic rings. The lowest BCUT2D eigenvalue weighted by molar-refractivity contribution is 0.577. The molecule has 0 spiro atoms. The fourth-order valence-corrected chi connectivity index (χ4v) is 1.59. The topological polar surface area (TPSA) is 58.5 Å². The molecule has 2 heterocycles. The van der Waals surface area contributed by atoms with E-state index in [1.807, 2.05) is 25.6 Å². The molecule has 16 heavy (non-hydrogen) atoms. The second kappa shape index (κ2) is 5.46. The zero-order chi connectivity index (χ0) is 11.2. The number of aryl methyl sites for hydroxylation is 2. The van der Waals surface area contributed by atoms with Crippen molar-refractivity contribution in [1.82, 2.24) is 24.8 Å². The molecule has 0 amide bonds. The number of H-pyrrole nitrogens is 1. The van der Waals surface area contributed by atoms with Crippen LogP contribution in [0, 0.1) is 6.92 Å². The minimum Gasteiger partial charge on any atom is -0.345 e. The molecule has 0 saturated carbocycles. The highest BCUT2D eigenvalue weighted by atomic mass is 15.0. The Labute approximate surface area is 94.9 Å². The van der Waals surface area contributed by atoms with E-state index in [0.29, 0.717) is 0 Å². The molecule has 0 saturated heterocycles. The molecule has 86 valence electrons. The smallest absolute Gasteiger partial charge is 0.103 e. The van der Waals surface area contributed by atoms with Gasteiger partial charge in [-0.25, -0.2) is 9.97 Å². The third-order valence-corrected chi connectivity index (χ3v) is 2.40. The molecule has 5 nitrogen and oxygen atoms in total. The van der Waals surface area contributed by atoms with Crippen LogP contribution < -0.4 is 5.32 Å². The highest BCUT2D eigenvalue weighted by Crippen LogP contribution is 1.95.